The lowest BCUT2D eigenvalue weighted by Gasteiger charge is -2.37. The Labute approximate surface area is 136 Å². The molecule has 1 saturated heterocycles. The smallest absolute Gasteiger partial charge is 0.347 e. The molecule has 4 aliphatic rings. The van der Waals surface area contributed by atoms with Gasteiger partial charge in [-0.3, -0.25) is 4.79 Å². The number of ether oxygens (including phenoxy) is 1. The summed E-state index contributed by atoms with van der Waals surface area (Å²) in [6, 6.07) is 7.75. The van der Waals surface area contributed by atoms with Crippen LogP contribution in [0, 0.1) is 5.41 Å². The van der Waals surface area contributed by atoms with E-state index < -0.39 is 17.4 Å². The van der Waals surface area contributed by atoms with Crippen LogP contribution in [-0.4, -0.2) is 17.7 Å². The maximum Gasteiger partial charge on any atom is 0.347 e. The van der Waals surface area contributed by atoms with E-state index in [4.69, 9.17) is 4.74 Å². The molecule has 0 aromatic heterocycles. The van der Waals surface area contributed by atoms with Crippen LogP contribution in [0.4, 0.5) is 0 Å². The van der Waals surface area contributed by atoms with Crippen molar-refractivity contribution in [1.29, 1.82) is 0 Å². The van der Waals surface area contributed by atoms with Gasteiger partial charge in [0.25, 0.3) is 0 Å². The van der Waals surface area contributed by atoms with Crippen molar-refractivity contribution in [3.63, 3.8) is 0 Å². The molecule has 1 heterocycles. The lowest BCUT2D eigenvalue weighted by molar-refractivity contribution is -0.149. The van der Waals surface area contributed by atoms with E-state index in [-0.39, 0.29) is 16.9 Å². The lowest BCUT2D eigenvalue weighted by Crippen LogP contribution is -2.43. The van der Waals surface area contributed by atoms with E-state index in [1.165, 1.54) is 6.08 Å². The minimum Gasteiger partial charge on any atom is -0.386 e. The van der Waals surface area contributed by atoms with E-state index in [0.29, 0.717) is 5.57 Å². The SMILES string of the molecule is O=C1OC(=O)C2=C3C=CC=C4C=c5ccccc5=CC43C(=O)C=C12. The molecule has 0 N–H and O–H groups in total. The molecular formula is C20H10O4. The van der Waals surface area contributed by atoms with Gasteiger partial charge in [0.15, 0.2) is 5.78 Å². The molecule has 114 valence electrons. The number of carbonyl (C=O) groups is 3. The molecule has 1 aliphatic heterocycles. The minimum absolute atomic E-state index is 0.0591. The monoisotopic (exact) mass is 314 g/mol. The highest BCUT2D eigenvalue weighted by molar-refractivity contribution is 6.26. The van der Waals surface area contributed by atoms with Crippen LogP contribution in [0.3, 0.4) is 0 Å². The van der Waals surface area contributed by atoms with Gasteiger partial charge in [0.05, 0.1) is 11.1 Å². The first-order chi connectivity index (χ1) is 11.6. The van der Waals surface area contributed by atoms with Gasteiger partial charge in [0, 0.05) is 0 Å². The fraction of sp³-hybridized carbons (Fsp3) is 0.0500. The number of benzene rings is 1. The number of esters is 2. The Balaban J connectivity index is 1.92. The summed E-state index contributed by atoms with van der Waals surface area (Å²) in [4.78, 5) is 37.0. The summed E-state index contributed by atoms with van der Waals surface area (Å²) in [5.74, 6) is -1.68. The average Bonchev–Trinajstić information content (AvgIpc) is 2.86. The molecule has 1 unspecified atom stereocenters. The highest BCUT2D eigenvalue weighted by atomic mass is 16.6. The molecule has 1 aromatic rings. The summed E-state index contributed by atoms with van der Waals surface area (Å²) >= 11 is 0. The summed E-state index contributed by atoms with van der Waals surface area (Å²) in [6.45, 7) is 0. The zero-order valence-corrected chi connectivity index (χ0v) is 12.4. The second-order valence-electron chi connectivity index (χ2n) is 6.09. The maximum absolute atomic E-state index is 13.0. The first-order valence-electron chi connectivity index (χ1n) is 7.57. The van der Waals surface area contributed by atoms with Crippen molar-refractivity contribution in [2.45, 2.75) is 0 Å². The fourth-order valence-corrected chi connectivity index (χ4v) is 3.82. The predicted octanol–water partition coefficient (Wildman–Crippen LogP) is 0.633. The quantitative estimate of drug-likeness (QED) is 0.521. The van der Waals surface area contributed by atoms with Crippen LogP contribution in [0.2, 0.25) is 0 Å². The van der Waals surface area contributed by atoms with Crippen LogP contribution >= 0.6 is 0 Å². The summed E-state index contributed by atoms with van der Waals surface area (Å²) in [7, 11) is 0. The van der Waals surface area contributed by atoms with Crippen LogP contribution < -0.4 is 10.4 Å². The predicted molar refractivity (Wildman–Crippen MR) is 85.5 cm³/mol. The van der Waals surface area contributed by atoms with Gasteiger partial charge in [-0.25, -0.2) is 9.59 Å². The Morgan fingerprint density at radius 1 is 0.917 bits per heavy atom. The molecule has 1 atom stereocenters. The summed E-state index contributed by atoms with van der Waals surface area (Å²) in [5, 5.41) is 1.94. The highest BCUT2D eigenvalue weighted by Gasteiger charge is 2.51. The van der Waals surface area contributed by atoms with E-state index in [2.05, 4.69) is 0 Å². The number of hydrogen-bond donors (Lipinski definition) is 0. The molecule has 0 bridgehead atoms. The van der Waals surface area contributed by atoms with Crippen LogP contribution in [0.1, 0.15) is 0 Å². The summed E-state index contributed by atoms with van der Waals surface area (Å²) < 4.78 is 4.72. The third kappa shape index (κ3) is 1.41. The third-order valence-electron chi connectivity index (χ3n) is 4.91. The molecule has 0 radical (unpaired) electrons. The van der Waals surface area contributed by atoms with Gasteiger partial charge in [0.2, 0.25) is 0 Å². The molecule has 0 amide bonds. The Morgan fingerprint density at radius 3 is 2.54 bits per heavy atom. The Hall–Kier alpha value is -3.27. The molecule has 5 rings (SSSR count). The van der Waals surface area contributed by atoms with Crippen molar-refractivity contribution < 1.29 is 19.1 Å². The van der Waals surface area contributed by atoms with E-state index in [9.17, 15) is 14.4 Å². The number of cyclic esters (lactones) is 2. The van der Waals surface area contributed by atoms with Crippen LogP contribution in [0.15, 0.2) is 70.9 Å². The number of hydrogen-bond acceptors (Lipinski definition) is 4. The standard InChI is InChI=1S/C20H10O4/c21-16-9-14-17(19(23)24-18(14)22)15-7-3-6-13-8-11-4-1-2-5-12(11)10-20(13,15)16/h1-10H. The highest BCUT2D eigenvalue weighted by Crippen LogP contribution is 2.50. The number of carbonyl (C=O) groups excluding carboxylic acids is 3. The summed E-state index contributed by atoms with van der Waals surface area (Å²) in [5.41, 5.74) is 0.503. The second-order valence-corrected chi connectivity index (χ2v) is 6.09. The molecule has 24 heavy (non-hydrogen) atoms. The van der Waals surface area contributed by atoms with E-state index >= 15 is 0 Å². The maximum atomic E-state index is 13.0. The molecule has 0 saturated carbocycles. The van der Waals surface area contributed by atoms with Crippen molar-refractivity contribution in [3.8, 4) is 0 Å². The summed E-state index contributed by atoms with van der Waals surface area (Å²) in [6.07, 6.45) is 10.5. The number of fused-ring (bicyclic) bond motifs is 2. The number of rotatable bonds is 0. The van der Waals surface area contributed by atoms with Crippen molar-refractivity contribution in [2.75, 3.05) is 0 Å². The van der Waals surface area contributed by atoms with Gasteiger partial charge in [-0.1, -0.05) is 48.6 Å². The topological polar surface area (TPSA) is 60.4 Å². The molecule has 1 aromatic carbocycles. The van der Waals surface area contributed by atoms with Crippen molar-refractivity contribution in [2.24, 2.45) is 5.41 Å². The van der Waals surface area contributed by atoms with Gasteiger partial charge in [-0.15, -0.1) is 0 Å². The minimum atomic E-state index is -1.06. The Kier molecular flexibility index (Phi) is 2.29. The van der Waals surface area contributed by atoms with E-state index in [1.807, 2.05) is 42.5 Å². The lowest BCUT2D eigenvalue weighted by atomic mass is 9.62. The fourth-order valence-electron chi connectivity index (χ4n) is 3.82. The van der Waals surface area contributed by atoms with Crippen LogP contribution in [-0.2, 0) is 19.1 Å². The van der Waals surface area contributed by atoms with Crippen molar-refractivity contribution >= 4 is 29.9 Å². The molecule has 3 aliphatic carbocycles. The van der Waals surface area contributed by atoms with Crippen LogP contribution in [0.5, 0.6) is 0 Å². The molecule has 1 fully saturated rings. The molecular weight excluding hydrogens is 304 g/mol. The van der Waals surface area contributed by atoms with Crippen molar-refractivity contribution in [1.82, 2.24) is 0 Å². The second kappa shape index (κ2) is 4.17. The van der Waals surface area contributed by atoms with Crippen LogP contribution in [0.25, 0.3) is 12.2 Å². The molecule has 4 heteroatoms. The first kappa shape index (κ1) is 13.2. The normalized spacial score (nSPS) is 26.2. The van der Waals surface area contributed by atoms with Crippen molar-refractivity contribution in [3.05, 3.63) is 81.3 Å². The average molecular weight is 314 g/mol. The van der Waals surface area contributed by atoms with Gasteiger partial charge in [-0.2, -0.15) is 0 Å². The number of ketones is 1. The zero-order chi connectivity index (χ0) is 16.5. The number of allylic oxidation sites excluding steroid dienone is 6. The first-order valence-corrected chi connectivity index (χ1v) is 7.57. The van der Waals surface area contributed by atoms with Gasteiger partial charge >= 0.3 is 11.9 Å². The van der Waals surface area contributed by atoms with E-state index in [1.54, 1.807) is 12.2 Å². The zero-order valence-electron chi connectivity index (χ0n) is 12.4. The third-order valence-corrected chi connectivity index (χ3v) is 4.91. The van der Waals surface area contributed by atoms with Gasteiger partial charge in [-0.05, 0) is 33.7 Å². The Morgan fingerprint density at radius 2 is 1.71 bits per heavy atom. The van der Waals surface area contributed by atoms with Gasteiger partial charge in [0.1, 0.15) is 5.41 Å². The van der Waals surface area contributed by atoms with E-state index in [0.717, 1.165) is 16.0 Å². The van der Waals surface area contributed by atoms with Gasteiger partial charge < -0.3 is 4.74 Å². The Bertz CT molecular complexity index is 1120. The largest absolute Gasteiger partial charge is 0.386 e. The molecule has 1 spiro atoms. The molecule has 4 nitrogen and oxygen atoms in total.